The van der Waals surface area contributed by atoms with Crippen molar-refractivity contribution in [3.63, 3.8) is 0 Å². The molecule has 0 aliphatic carbocycles. The minimum atomic E-state index is -0.298. The first-order valence-electron chi connectivity index (χ1n) is 8.55. The van der Waals surface area contributed by atoms with Gasteiger partial charge in [-0.3, -0.25) is 14.3 Å². The summed E-state index contributed by atoms with van der Waals surface area (Å²) >= 11 is 0. The van der Waals surface area contributed by atoms with Crippen LogP contribution in [0, 0.1) is 5.82 Å². The Labute approximate surface area is 140 Å². The predicted octanol–water partition coefficient (Wildman–Crippen LogP) is 2.37. The molecular weight excluding hydrogens is 307 g/mol. The van der Waals surface area contributed by atoms with Gasteiger partial charge in [-0.05, 0) is 50.1 Å². The molecule has 0 radical (unpaired) electrons. The highest BCUT2D eigenvalue weighted by Gasteiger charge is 2.36. The molecule has 1 amide bonds. The van der Waals surface area contributed by atoms with Crippen molar-refractivity contribution in [2.75, 3.05) is 13.1 Å². The Morgan fingerprint density at radius 3 is 2.83 bits per heavy atom. The van der Waals surface area contributed by atoms with Crippen LogP contribution in [0.1, 0.15) is 36.2 Å². The van der Waals surface area contributed by atoms with Crippen LogP contribution in [-0.4, -0.2) is 45.5 Å². The summed E-state index contributed by atoms with van der Waals surface area (Å²) in [4.78, 5) is 19.3. The average molecular weight is 328 g/mol. The quantitative estimate of drug-likeness (QED) is 0.941. The van der Waals surface area contributed by atoms with Crippen LogP contribution in [0.5, 0.6) is 0 Å². The number of nitrogens with one attached hydrogen (secondary N) is 1. The SMILES string of the molecule is O=C(N[C@H]1CCN2CCCC[C@H]12)c1cncn1-c1ccc(F)cc1. The first-order valence-corrected chi connectivity index (χ1v) is 8.55. The number of imidazole rings is 1. The van der Waals surface area contributed by atoms with Gasteiger partial charge in [-0.15, -0.1) is 0 Å². The second kappa shape index (κ2) is 6.36. The van der Waals surface area contributed by atoms with E-state index in [2.05, 4.69) is 15.2 Å². The van der Waals surface area contributed by atoms with Gasteiger partial charge in [0.25, 0.3) is 5.91 Å². The van der Waals surface area contributed by atoms with Crippen LogP contribution < -0.4 is 5.32 Å². The largest absolute Gasteiger partial charge is 0.346 e. The molecule has 4 rings (SSSR count). The highest BCUT2D eigenvalue weighted by molar-refractivity contribution is 5.93. The number of hydrogen-bond acceptors (Lipinski definition) is 3. The van der Waals surface area contributed by atoms with Gasteiger partial charge in [-0.2, -0.15) is 0 Å². The molecule has 126 valence electrons. The summed E-state index contributed by atoms with van der Waals surface area (Å²) in [5.74, 6) is -0.414. The molecular formula is C18H21FN4O. The number of nitrogens with zero attached hydrogens (tertiary/aromatic N) is 3. The average Bonchev–Trinajstić information content (AvgIpc) is 3.23. The smallest absolute Gasteiger partial charge is 0.270 e. The zero-order valence-corrected chi connectivity index (χ0v) is 13.5. The third-order valence-corrected chi connectivity index (χ3v) is 5.15. The van der Waals surface area contributed by atoms with Gasteiger partial charge in [0.2, 0.25) is 0 Å². The van der Waals surface area contributed by atoms with Crippen molar-refractivity contribution in [3.8, 4) is 5.69 Å². The Kier molecular flexibility index (Phi) is 4.06. The van der Waals surface area contributed by atoms with Gasteiger partial charge < -0.3 is 5.32 Å². The number of fused-ring (bicyclic) bond motifs is 1. The fourth-order valence-corrected chi connectivity index (χ4v) is 3.93. The number of carbonyl (C=O) groups is 1. The monoisotopic (exact) mass is 328 g/mol. The van der Waals surface area contributed by atoms with Crippen LogP contribution in [0.25, 0.3) is 5.69 Å². The van der Waals surface area contributed by atoms with Crippen LogP contribution in [-0.2, 0) is 0 Å². The van der Waals surface area contributed by atoms with E-state index in [1.54, 1.807) is 29.2 Å². The van der Waals surface area contributed by atoms with Crippen LogP contribution >= 0.6 is 0 Å². The maximum atomic E-state index is 13.1. The van der Waals surface area contributed by atoms with E-state index in [0.29, 0.717) is 11.7 Å². The molecule has 2 fully saturated rings. The molecule has 2 atom stereocenters. The highest BCUT2D eigenvalue weighted by atomic mass is 19.1. The number of benzene rings is 1. The number of piperidine rings is 1. The molecule has 1 aromatic carbocycles. The van der Waals surface area contributed by atoms with Crippen molar-refractivity contribution < 1.29 is 9.18 Å². The van der Waals surface area contributed by atoms with Crippen LogP contribution in [0.2, 0.25) is 0 Å². The lowest BCUT2D eigenvalue weighted by Gasteiger charge is -2.32. The number of aromatic nitrogens is 2. The van der Waals surface area contributed by atoms with E-state index in [9.17, 15) is 9.18 Å². The second-order valence-electron chi connectivity index (χ2n) is 6.59. The normalized spacial score (nSPS) is 23.9. The Bertz CT molecular complexity index is 727. The molecule has 2 aromatic rings. The minimum absolute atomic E-state index is 0.116. The van der Waals surface area contributed by atoms with Crippen molar-refractivity contribution >= 4 is 5.91 Å². The van der Waals surface area contributed by atoms with E-state index in [1.165, 1.54) is 25.0 Å². The van der Waals surface area contributed by atoms with Crippen LogP contribution in [0.4, 0.5) is 4.39 Å². The summed E-state index contributed by atoms with van der Waals surface area (Å²) in [6.45, 7) is 2.21. The molecule has 0 saturated carbocycles. The summed E-state index contributed by atoms with van der Waals surface area (Å²) in [6, 6.07) is 6.72. The summed E-state index contributed by atoms with van der Waals surface area (Å²) in [5, 5.41) is 3.19. The molecule has 0 spiro atoms. The van der Waals surface area contributed by atoms with Gasteiger partial charge in [0.15, 0.2) is 0 Å². The Morgan fingerprint density at radius 2 is 2.00 bits per heavy atom. The Morgan fingerprint density at radius 1 is 1.17 bits per heavy atom. The third-order valence-electron chi connectivity index (χ3n) is 5.15. The molecule has 2 saturated heterocycles. The minimum Gasteiger partial charge on any atom is -0.346 e. The van der Waals surface area contributed by atoms with Crippen molar-refractivity contribution in [1.82, 2.24) is 19.8 Å². The van der Waals surface area contributed by atoms with E-state index >= 15 is 0 Å². The van der Waals surface area contributed by atoms with Crippen molar-refractivity contribution in [3.05, 3.63) is 48.3 Å². The summed E-state index contributed by atoms with van der Waals surface area (Å²) in [7, 11) is 0. The van der Waals surface area contributed by atoms with Crippen LogP contribution in [0.3, 0.4) is 0 Å². The molecule has 1 aromatic heterocycles. The third kappa shape index (κ3) is 2.82. The molecule has 3 heterocycles. The standard InChI is InChI=1S/C18H21FN4O/c19-13-4-6-14(7-5-13)23-12-20-11-17(23)18(24)21-15-8-10-22-9-2-1-3-16(15)22/h4-7,11-12,15-16H,1-3,8-10H2,(H,21,24)/t15-,16+/m0/s1. The number of hydrogen-bond donors (Lipinski definition) is 1. The fourth-order valence-electron chi connectivity index (χ4n) is 3.93. The maximum Gasteiger partial charge on any atom is 0.270 e. The lowest BCUT2D eigenvalue weighted by molar-refractivity contribution is 0.0908. The molecule has 0 unspecified atom stereocenters. The van der Waals surface area contributed by atoms with E-state index in [4.69, 9.17) is 0 Å². The first kappa shape index (κ1) is 15.3. The Hall–Kier alpha value is -2.21. The molecule has 2 aliphatic rings. The van der Waals surface area contributed by atoms with Crippen LogP contribution in [0.15, 0.2) is 36.8 Å². The zero-order chi connectivity index (χ0) is 16.5. The van der Waals surface area contributed by atoms with Gasteiger partial charge in [0, 0.05) is 24.3 Å². The van der Waals surface area contributed by atoms with Gasteiger partial charge in [-0.1, -0.05) is 6.42 Å². The highest BCUT2D eigenvalue weighted by Crippen LogP contribution is 2.27. The molecule has 1 N–H and O–H groups in total. The number of carbonyl (C=O) groups excluding carboxylic acids is 1. The maximum absolute atomic E-state index is 13.1. The molecule has 6 heteroatoms. The number of amides is 1. The summed E-state index contributed by atoms with van der Waals surface area (Å²) < 4.78 is 14.8. The van der Waals surface area contributed by atoms with E-state index in [0.717, 1.165) is 31.6 Å². The molecule has 2 aliphatic heterocycles. The first-order chi connectivity index (χ1) is 11.7. The summed E-state index contributed by atoms with van der Waals surface area (Å²) in [5.41, 5.74) is 1.21. The second-order valence-corrected chi connectivity index (χ2v) is 6.59. The lowest BCUT2D eigenvalue weighted by Crippen LogP contribution is -2.47. The molecule has 5 nitrogen and oxygen atoms in total. The van der Waals surface area contributed by atoms with E-state index in [1.807, 2.05) is 0 Å². The molecule has 24 heavy (non-hydrogen) atoms. The van der Waals surface area contributed by atoms with Gasteiger partial charge >= 0.3 is 0 Å². The lowest BCUT2D eigenvalue weighted by atomic mass is 9.99. The topological polar surface area (TPSA) is 50.2 Å². The number of halogens is 1. The zero-order valence-electron chi connectivity index (χ0n) is 13.5. The predicted molar refractivity (Wildman–Crippen MR) is 88.6 cm³/mol. The van der Waals surface area contributed by atoms with E-state index in [-0.39, 0.29) is 17.8 Å². The molecule has 0 bridgehead atoms. The van der Waals surface area contributed by atoms with Crippen molar-refractivity contribution in [1.29, 1.82) is 0 Å². The van der Waals surface area contributed by atoms with Crippen molar-refractivity contribution in [2.24, 2.45) is 0 Å². The number of rotatable bonds is 3. The van der Waals surface area contributed by atoms with Gasteiger partial charge in [-0.25, -0.2) is 9.37 Å². The summed E-state index contributed by atoms with van der Waals surface area (Å²) in [6.07, 6.45) is 7.80. The Balaban J connectivity index is 1.51. The van der Waals surface area contributed by atoms with Gasteiger partial charge in [0.05, 0.1) is 12.5 Å². The van der Waals surface area contributed by atoms with Gasteiger partial charge in [0.1, 0.15) is 11.5 Å². The fraction of sp³-hybridized carbons (Fsp3) is 0.444. The van der Waals surface area contributed by atoms with Crippen molar-refractivity contribution in [2.45, 2.75) is 37.8 Å². The van der Waals surface area contributed by atoms with E-state index < -0.39 is 0 Å².